The monoisotopic (exact) mass is 351 g/mol. The summed E-state index contributed by atoms with van der Waals surface area (Å²) >= 11 is 0. The van der Waals surface area contributed by atoms with E-state index in [0.717, 1.165) is 23.9 Å². The number of hydrogen-bond acceptors (Lipinski definition) is 2. The van der Waals surface area contributed by atoms with E-state index in [4.69, 9.17) is 0 Å². The zero-order chi connectivity index (χ0) is 18.7. The molecule has 1 N–H and O–H groups in total. The van der Waals surface area contributed by atoms with Crippen LogP contribution in [0.15, 0.2) is 36.5 Å². The van der Waals surface area contributed by atoms with Crippen LogP contribution in [0.25, 0.3) is 21.8 Å². The maximum atomic E-state index is 12.5. The molecule has 0 radical (unpaired) electrons. The zero-order valence-electron chi connectivity index (χ0n) is 16.3. The normalized spacial score (nSPS) is 12.0. The number of carbonyl (C=O) groups excluding carboxylic acids is 1. The Labute approximate surface area is 155 Å². The van der Waals surface area contributed by atoms with E-state index in [2.05, 4.69) is 66.8 Å². The minimum absolute atomic E-state index is 0.0507. The Kier molecular flexibility index (Phi) is 5.30. The summed E-state index contributed by atoms with van der Waals surface area (Å²) in [6.07, 6.45) is 5.42. The van der Waals surface area contributed by atoms with Gasteiger partial charge in [0, 0.05) is 29.4 Å². The lowest BCUT2D eigenvalue weighted by Gasteiger charge is -2.18. The van der Waals surface area contributed by atoms with Gasteiger partial charge in [-0.2, -0.15) is 0 Å². The highest BCUT2D eigenvalue weighted by Gasteiger charge is 2.16. The molecule has 0 fully saturated rings. The summed E-state index contributed by atoms with van der Waals surface area (Å²) in [5.41, 5.74) is 2.86. The van der Waals surface area contributed by atoms with Crippen LogP contribution in [0.5, 0.6) is 0 Å². The topological polar surface area (TPSA) is 46.9 Å². The van der Waals surface area contributed by atoms with Crippen LogP contribution < -0.4 is 5.32 Å². The summed E-state index contributed by atoms with van der Waals surface area (Å²) in [5.74, 6) is -0.107. The highest BCUT2D eigenvalue weighted by Crippen LogP contribution is 2.29. The number of aryl methyl sites for hydroxylation is 1. The first-order chi connectivity index (χ1) is 12.4. The fourth-order valence-electron chi connectivity index (χ4n) is 3.27. The molecular formula is C22H29N3O. The number of carbonyl (C=O) groups is 1. The molecule has 1 aromatic carbocycles. The van der Waals surface area contributed by atoms with E-state index in [1.165, 1.54) is 23.7 Å². The largest absolute Gasteiger partial charge is 0.350 e. The van der Waals surface area contributed by atoms with Crippen LogP contribution in [0.3, 0.4) is 0 Å². The van der Waals surface area contributed by atoms with E-state index in [0.29, 0.717) is 12.2 Å². The fraction of sp³-hybridized carbons (Fsp3) is 0.455. The molecule has 0 unspecified atom stereocenters. The third-order valence-corrected chi connectivity index (χ3v) is 4.66. The Morgan fingerprint density at radius 2 is 1.88 bits per heavy atom. The number of rotatable bonds is 6. The molecule has 4 nitrogen and oxygen atoms in total. The molecule has 3 aromatic rings. The first kappa shape index (κ1) is 18.4. The molecule has 138 valence electrons. The Morgan fingerprint density at radius 1 is 1.12 bits per heavy atom. The lowest BCUT2D eigenvalue weighted by atomic mass is 9.97. The number of amides is 1. The summed E-state index contributed by atoms with van der Waals surface area (Å²) in [6, 6.07) is 10.3. The lowest BCUT2D eigenvalue weighted by Crippen LogP contribution is -2.32. The van der Waals surface area contributed by atoms with Gasteiger partial charge < -0.3 is 9.88 Å². The second-order valence-electron chi connectivity index (χ2n) is 8.21. The van der Waals surface area contributed by atoms with E-state index >= 15 is 0 Å². The van der Waals surface area contributed by atoms with Crippen molar-refractivity contribution in [3.05, 3.63) is 42.2 Å². The number of unbranched alkanes of at least 4 members (excludes halogenated alkanes) is 2. The Hall–Kier alpha value is -2.36. The average molecular weight is 351 g/mol. The standard InChI is InChI=1S/C22H29N3O/c1-5-6-9-12-25-19-11-8-7-10-16(19)17-13-18(23-14-20(17)25)21(26)24-15-22(2,3)4/h7-8,10-11,13-14H,5-6,9,12,15H2,1-4H3,(H,24,26). The SMILES string of the molecule is CCCCCn1c2ccccc2c2cc(C(=O)NCC(C)(C)C)ncc21. The van der Waals surface area contributed by atoms with Crippen LogP contribution in [0.4, 0.5) is 0 Å². The number of benzene rings is 1. The molecular weight excluding hydrogens is 322 g/mol. The van der Waals surface area contributed by atoms with Crippen LogP contribution in [0, 0.1) is 5.41 Å². The molecule has 0 saturated carbocycles. The van der Waals surface area contributed by atoms with Crippen molar-refractivity contribution in [2.45, 2.75) is 53.5 Å². The van der Waals surface area contributed by atoms with Crippen molar-refractivity contribution in [2.75, 3.05) is 6.54 Å². The van der Waals surface area contributed by atoms with Crippen LogP contribution in [0.2, 0.25) is 0 Å². The number of para-hydroxylation sites is 1. The van der Waals surface area contributed by atoms with Crippen LogP contribution in [0.1, 0.15) is 57.4 Å². The molecule has 3 rings (SSSR count). The van der Waals surface area contributed by atoms with Crippen LogP contribution in [-0.2, 0) is 6.54 Å². The Balaban J connectivity index is 1.99. The van der Waals surface area contributed by atoms with Crippen molar-refractivity contribution < 1.29 is 4.79 Å². The van der Waals surface area contributed by atoms with Gasteiger partial charge in [-0.05, 0) is 24.0 Å². The fourth-order valence-corrected chi connectivity index (χ4v) is 3.27. The zero-order valence-corrected chi connectivity index (χ0v) is 16.3. The van der Waals surface area contributed by atoms with Gasteiger partial charge in [-0.1, -0.05) is 58.7 Å². The molecule has 1 amide bonds. The van der Waals surface area contributed by atoms with Gasteiger partial charge in [-0.15, -0.1) is 0 Å². The van der Waals surface area contributed by atoms with Gasteiger partial charge in [-0.25, -0.2) is 4.98 Å². The summed E-state index contributed by atoms with van der Waals surface area (Å²) in [6.45, 7) is 10.1. The number of nitrogens with one attached hydrogen (secondary N) is 1. The van der Waals surface area contributed by atoms with Gasteiger partial charge in [0.1, 0.15) is 5.69 Å². The quantitative estimate of drug-likeness (QED) is 0.624. The van der Waals surface area contributed by atoms with Crippen molar-refractivity contribution in [2.24, 2.45) is 5.41 Å². The van der Waals surface area contributed by atoms with Gasteiger partial charge in [0.05, 0.1) is 11.7 Å². The minimum Gasteiger partial charge on any atom is -0.350 e. The number of nitrogens with zero attached hydrogens (tertiary/aromatic N) is 2. The molecule has 0 spiro atoms. The second-order valence-corrected chi connectivity index (χ2v) is 8.21. The Morgan fingerprint density at radius 3 is 2.62 bits per heavy atom. The van der Waals surface area contributed by atoms with Crippen molar-refractivity contribution >= 4 is 27.7 Å². The molecule has 0 atom stereocenters. The van der Waals surface area contributed by atoms with E-state index in [-0.39, 0.29) is 11.3 Å². The third-order valence-electron chi connectivity index (χ3n) is 4.66. The van der Waals surface area contributed by atoms with Crippen molar-refractivity contribution in [1.82, 2.24) is 14.9 Å². The van der Waals surface area contributed by atoms with Crippen molar-refractivity contribution in [3.8, 4) is 0 Å². The highest BCUT2D eigenvalue weighted by atomic mass is 16.1. The first-order valence-electron chi connectivity index (χ1n) is 9.56. The van der Waals surface area contributed by atoms with Gasteiger partial charge in [0.15, 0.2) is 0 Å². The van der Waals surface area contributed by atoms with Gasteiger partial charge in [0.25, 0.3) is 5.91 Å². The lowest BCUT2D eigenvalue weighted by molar-refractivity contribution is 0.0934. The molecule has 0 aliphatic heterocycles. The molecule has 2 heterocycles. The molecule has 0 aliphatic carbocycles. The molecule has 0 aliphatic rings. The molecule has 0 saturated heterocycles. The van der Waals surface area contributed by atoms with Crippen molar-refractivity contribution in [1.29, 1.82) is 0 Å². The third kappa shape index (κ3) is 3.90. The Bertz CT molecular complexity index is 918. The van der Waals surface area contributed by atoms with E-state index < -0.39 is 0 Å². The van der Waals surface area contributed by atoms with Crippen LogP contribution >= 0.6 is 0 Å². The van der Waals surface area contributed by atoms with Gasteiger partial charge >= 0.3 is 0 Å². The number of pyridine rings is 1. The van der Waals surface area contributed by atoms with Gasteiger partial charge in [-0.3, -0.25) is 4.79 Å². The number of hydrogen-bond donors (Lipinski definition) is 1. The summed E-state index contributed by atoms with van der Waals surface area (Å²) < 4.78 is 2.34. The van der Waals surface area contributed by atoms with Gasteiger partial charge in [0.2, 0.25) is 0 Å². The summed E-state index contributed by atoms with van der Waals surface area (Å²) in [7, 11) is 0. The number of aromatic nitrogens is 2. The number of fused-ring (bicyclic) bond motifs is 3. The molecule has 2 aromatic heterocycles. The second kappa shape index (κ2) is 7.48. The summed E-state index contributed by atoms with van der Waals surface area (Å²) in [4.78, 5) is 17.0. The smallest absolute Gasteiger partial charge is 0.269 e. The minimum atomic E-state index is -0.107. The average Bonchev–Trinajstić information content (AvgIpc) is 2.93. The van der Waals surface area contributed by atoms with Crippen LogP contribution in [-0.4, -0.2) is 22.0 Å². The summed E-state index contributed by atoms with van der Waals surface area (Å²) in [5, 5.41) is 5.28. The predicted molar refractivity (Wildman–Crippen MR) is 109 cm³/mol. The molecule has 4 heteroatoms. The van der Waals surface area contributed by atoms with E-state index in [1.807, 2.05) is 12.3 Å². The molecule has 0 bridgehead atoms. The molecule has 26 heavy (non-hydrogen) atoms. The van der Waals surface area contributed by atoms with Crippen molar-refractivity contribution in [3.63, 3.8) is 0 Å². The van der Waals surface area contributed by atoms with E-state index in [1.54, 1.807) is 0 Å². The first-order valence-corrected chi connectivity index (χ1v) is 9.56. The predicted octanol–water partition coefficient (Wildman–Crippen LogP) is 5.16. The van der Waals surface area contributed by atoms with E-state index in [9.17, 15) is 4.79 Å². The highest BCUT2D eigenvalue weighted by molar-refractivity contribution is 6.09. The maximum absolute atomic E-state index is 12.5. The maximum Gasteiger partial charge on any atom is 0.269 e.